The molecule has 0 unspecified atom stereocenters. The molecule has 2 aliphatic heterocycles. The summed E-state index contributed by atoms with van der Waals surface area (Å²) >= 11 is 0. The van der Waals surface area contributed by atoms with Gasteiger partial charge in [0.05, 0.1) is 6.54 Å². The first-order chi connectivity index (χ1) is 19.3. The largest absolute Gasteiger partial charge is 0.479 e. The zero-order valence-electron chi connectivity index (χ0n) is 21.8. The summed E-state index contributed by atoms with van der Waals surface area (Å²) in [5.74, 6) is -2.70. The summed E-state index contributed by atoms with van der Waals surface area (Å²) in [6.45, 7) is 3.75. The van der Waals surface area contributed by atoms with Crippen molar-refractivity contribution in [2.75, 3.05) is 6.54 Å². The van der Waals surface area contributed by atoms with Crippen LogP contribution >= 0.6 is 0 Å². The Morgan fingerprint density at radius 3 is 2.33 bits per heavy atom. The number of likely N-dealkylation sites (tertiary alicyclic amines) is 1. The first kappa shape index (κ1) is 25.8. The van der Waals surface area contributed by atoms with E-state index < -0.39 is 41.5 Å². The highest BCUT2D eigenvalue weighted by atomic mass is 16.6. The van der Waals surface area contributed by atoms with Crippen LogP contribution in [0, 0.1) is 5.92 Å². The smallest absolute Gasteiger partial charge is 0.330 e. The number of benzene rings is 2. The maximum atomic E-state index is 13.5. The maximum absolute atomic E-state index is 13.5. The number of hydrogen-bond donors (Lipinski definition) is 3. The van der Waals surface area contributed by atoms with Crippen LogP contribution in [0.5, 0.6) is 0 Å². The summed E-state index contributed by atoms with van der Waals surface area (Å²) in [6, 6.07) is 14.1. The predicted molar refractivity (Wildman–Crippen MR) is 145 cm³/mol. The standard InChI is InChI=1S/C30H30N4O6/c1-2-17-15-30(17,29(38)39)32-27(36)24-14-18(16-34(24)28(37)23-12-7-13-25(35)31-23)40-33-26-21-10-5-3-8-19(21)20-9-4-6-11-22(20)26/h2-6,8-11,17-18,23-24H,1,7,12-16H2,(H,31,35)(H,32,36)(H,38,39)/t17-,18-,23+,24+,30-/m1/s1. The molecule has 6 rings (SSSR count). The Bertz CT molecular complexity index is 1410. The van der Waals surface area contributed by atoms with E-state index in [0.717, 1.165) is 22.3 Å². The topological polar surface area (TPSA) is 137 Å². The van der Waals surface area contributed by atoms with Crippen LogP contribution in [-0.2, 0) is 24.0 Å². The van der Waals surface area contributed by atoms with Crippen LogP contribution < -0.4 is 10.6 Å². The van der Waals surface area contributed by atoms with Crippen LogP contribution in [0.25, 0.3) is 11.1 Å². The van der Waals surface area contributed by atoms with Crippen molar-refractivity contribution in [3.05, 3.63) is 72.3 Å². The lowest BCUT2D eigenvalue weighted by molar-refractivity contribution is -0.146. The fourth-order valence-electron chi connectivity index (χ4n) is 6.10. The molecule has 2 aromatic rings. The Labute approximate surface area is 231 Å². The SMILES string of the molecule is C=C[C@@H]1C[C@]1(NC(=O)[C@@H]1C[C@@H](ON=C2c3ccccc3-c3ccccc32)CN1C(=O)[C@@H]1CCCC(=O)N1)C(=O)O. The van der Waals surface area contributed by atoms with Gasteiger partial charge in [-0.05, 0) is 30.4 Å². The lowest BCUT2D eigenvalue weighted by Gasteiger charge is -2.30. The van der Waals surface area contributed by atoms with Crippen LogP contribution in [0.1, 0.15) is 43.2 Å². The third-order valence-corrected chi connectivity index (χ3v) is 8.35. The molecule has 1 saturated carbocycles. The minimum atomic E-state index is -1.43. The third-order valence-electron chi connectivity index (χ3n) is 8.35. The van der Waals surface area contributed by atoms with Gasteiger partial charge in [0.15, 0.2) is 0 Å². The highest BCUT2D eigenvalue weighted by Crippen LogP contribution is 2.45. The molecule has 0 bridgehead atoms. The number of nitrogens with one attached hydrogen (secondary N) is 2. The van der Waals surface area contributed by atoms with E-state index >= 15 is 0 Å². The molecular formula is C30H30N4O6. The summed E-state index contributed by atoms with van der Waals surface area (Å²) in [5.41, 5.74) is 3.21. The van der Waals surface area contributed by atoms with Gasteiger partial charge in [-0.25, -0.2) is 4.79 Å². The van der Waals surface area contributed by atoms with E-state index in [2.05, 4.69) is 22.4 Å². The second kappa shape index (κ2) is 9.93. The molecule has 10 heteroatoms. The fraction of sp³-hybridized carbons (Fsp3) is 0.367. The lowest BCUT2D eigenvalue weighted by atomic mass is 10.0. The molecule has 0 spiro atoms. The van der Waals surface area contributed by atoms with Gasteiger partial charge in [-0.15, -0.1) is 6.58 Å². The summed E-state index contributed by atoms with van der Waals surface area (Å²) in [5, 5.41) is 19.7. The van der Waals surface area contributed by atoms with Gasteiger partial charge in [-0.3, -0.25) is 14.4 Å². The second-order valence-corrected chi connectivity index (χ2v) is 10.8. The molecule has 4 aliphatic rings. The average molecular weight is 543 g/mol. The summed E-state index contributed by atoms with van der Waals surface area (Å²) in [6.07, 6.45) is 2.67. The number of carbonyl (C=O) groups is 4. The number of nitrogens with zero attached hydrogens (tertiary/aromatic N) is 2. The van der Waals surface area contributed by atoms with Crippen molar-refractivity contribution in [2.45, 2.75) is 55.8 Å². The van der Waals surface area contributed by atoms with Crippen LogP contribution in [0.3, 0.4) is 0 Å². The molecule has 2 heterocycles. The Kier molecular flexibility index (Phi) is 6.40. The monoisotopic (exact) mass is 542 g/mol. The van der Waals surface area contributed by atoms with Gasteiger partial charge in [-0.2, -0.15) is 0 Å². The molecule has 3 amide bonds. The fourth-order valence-corrected chi connectivity index (χ4v) is 6.10. The van der Waals surface area contributed by atoms with Gasteiger partial charge in [0.1, 0.15) is 29.4 Å². The predicted octanol–water partition coefficient (Wildman–Crippen LogP) is 2.22. The molecular weight excluding hydrogens is 512 g/mol. The van der Waals surface area contributed by atoms with Crippen molar-refractivity contribution in [3.8, 4) is 11.1 Å². The number of aliphatic carboxylic acids is 1. The normalized spacial score (nSPS) is 28.1. The van der Waals surface area contributed by atoms with Gasteiger partial charge in [0.2, 0.25) is 17.7 Å². The highest BCUT2D eigenvalue weighted by Gasteiger charge is 2.61. The molecule has 5 atom stereocenters. The highest BCUT2D eigenvalue weighted by molar-refractivity contribution is 6.24. The molecule has 0 radical (unpaired) electrons. The van der Waals surface area contributed by atoms with E-state index in [1.54, 1.807) is 0 Å². The van der Waals surface area contributed by atoms with Gasteiger partial charge in [-0.1, -0.05) is 59.8 Å². The van der Waals surface area contributed by atoms with Crippen LogP contribution in [0.15, 0.2) is 66.3 Å². The van der Waals surface area contributed by atoms with Crippen LogP contribution in [0.2, 0.25) is 0 Å². The minimum Gasteiger partial charge on any atom is -0.479 e. The number of carboxylic acid groups (broad SMARTS) is 1. The molecule has 206 valence electrons. The van der Waals surface area contributed by atoms with Crippen LogP contribution in [-0.4, -0.2) is 69.7 Å². The number of amides is 3. The summed E-state index contributed by atoms with van der Waals surface area (Å²) < 4.78 is 0. The van der Waals surface area contributed by atoms with E-state index in [4.69, 9.17) is 4.84 Å². The van der Waals surface area contributed by atoms with Crippen molar-refractivity contribution in [1.82, 2.24) is 15.5 Å². The lowest BCUT2D eigenvalue weighted by Crippen LogP contribution is -2.57. The maximum Gasteiger partial charge on any atom is 0.330 e. The number of hydrogen-bond acceptors (Lipinski definition) is 6. The van der Waals surface area contributed by atoms with E-state index in [1.165, 1.54) is 11.0 Å². The quantitative estimate of drug-likeness (QED) is 0.309. The summed E-state index contributed by atoms with van der Waals surface area (Å²) in [4.78, 5) is 58.4. The van der Waals surface area contributed by atoms with Crippen molar-refractivity contribution in [1.29, 1.82) is 0 Å². The van der Waals surface area contributed by atoms with Crippen molar-refractivity contribution < 1.29 is 29.1 Å². The molecule has 3 fully saturated rings. The second-order valence-electron chi connectivity index (χ2n) is 10.8. The van der Waals surface area contributed by atoms with E-state index in [9.17, 15) is 24.3 Å². The molecule has 10 nitrogen and oxygen atoms in total. The molecule has 2 aliphatic carbocycles. The molecule has 2 aromatic carbocycles. The zero-order valence-corrected chi connectivity index (χ0v) is 21.8. The van der Waals surface area contributed by atoms with Crippen molar-refractivity contribution in [3.63, 3.8) is 0 Å². The average Bonchev–Trinajstić information content (AvgIpc) is 3.36. The molecule has 2 saturated heterocycles. The third kappa shape index (κ3) is 4.33. The summed E-state index contributed by atoms with van der Waals surface area (Å²) in [7, 11) is 0. The number of oxime groups is 1. The van der Waals surface area contributed by atoms with E-state index in [1.807, 2.05) is 48.5 Å². The zero-order chi connectivity index (χ0) is 28.0. The number of fused-ring (bicyclic) bond motifs is 3. The van der Waals surface area contributed by atoms with Crippen LogP contribution in [0.4, 0.5) is 0 Å². The van der Waals surface area contributed by atoms with E-state index in [-0.39, 0.29) is 31.2 Å². The van der Waals surface area contributed by atoms with Gasteiger partial charge in [0, 0.05) is 29.9 Å². The Morgan fingerprint density at radius 1 is 1.10 bits per heavy atom. The Hall–Kier alpha value is -4.47. The Balaban J connectivity index is 1.25. The van der Waals surface area contributed by atoms with Crippen molar-refractivity contribution in [2.24, 2.45) is 11.1 Å². The number of piperidine rings is 1. The minimum absolute atomic E-state index is 0.0777. The first-order valence-electron chi connectivity index (χ1n) is 13.5. The van der Waals surface area contributed by atoms with E-state index in [0.29, 0.717) is 25.0 Å². The Morgan fingerprint density at radius 2 is 1.75 bits per heavy atom. The van der Waals surface area contributed by atoms with Gasteiger partial charge >= 0.3 is 5.97 Å². The number of carbonyl (C=O) groups excluding carboxylic acids is 3. The van der Waals surface area contributed by atoms with Crippen molar-refractivity contribution >= 4 is 29.4 Å². The molecule has 3 N–H and O–H groups in total. The number of rotatable bonds is 7. The molecule has 0 aromatic heterocycles. The van der Waals surface area contributed by atoms with Gasteiger partial charge in [0.25, 0.3) is 0 Å². The van der Waals surface area contributed by atoms with Gasteiger partial charge < -0.3 is 25.5 Å². The first-order valence-corrected chi connectivity index (χ1v) is 13.5. The number of carboxylic acids is 1. The molecule has 40 heavy (non-hydrogen) atoms.